The third-order valence-corrected chi connectivity index (χ3v) is 4.67. The largest absolute Gasteiger partial charge is 0.435 e. The molecule has 2 aromatic heterocycles. The van der Waals surface area contributed by atoms with Crippen LogP contribution in [-0.2, 0) is 12.7 Å². The molecule has 3 rings (SSSR count). The number of anilines is 1. The van der Waals surface area contributed by atoms with Gasteiger partial charge in [0.1, 0.15) is 0 Å². The van der Waals surface area contributed by atoms with Crippen molar-refractivity contribution < 1.29 is 18.0 Å². The van der Waals surface area contributed by atoms with Crippen LogP contribution < -0.4 is 5.32 Å². The lowest BCUT2D eigenvalue weighted by Crippen LogP contribution is -2.12. The zero-order valence-corrected chi connectivity index (χ0v) is 14.8. The van der Waals surface area contributed by atoms with E-state index in [9.17, 15) is 18.0 Å². The molecule has 0 aliphatic rings. The summed E-state index contributed by atoms with van der Waals surface area (Å²) in [5.74, 6) is -0.316. The fraction of sp³-hybridized carbons (Fsp3) is 0.235. The predicted molar refractivity (Wildman–Crippen MR) is 93.1 cm³/mol. The number of hydrogen-bond acceptors (Lipinski definition) is 4. The summed E-state index contributed by atoms with van der Waals surface area (Å²) in [7, 11) is 0. The van der Waals surface area contributed by atoms with Gasteiger partial charge in [-0.1, -0.05) is 29.5 Å². The fourth-order valence-electron chi connectivity index (χ4n) is 2.44. The maximum atomic E-state index is 12.9. The molecule has 0 saturated heterocycles. The predicted octanol–water partition coefficient (Wildman–Crippen LogP) is 4.61. The van der Waals surface area contributed by atoms with E-state index < -0.39 is 11.9 Å². The Labute approximate surface area is 151 Å². The van der Waals surface area contributed by atoms with Gasteiger partial charge in [-0.15, -0.1) is 0 Å². The van der Waals surface area contributed by atoms with Crippen molar-refractivity contribution in [2.24, 2.45) is 0 Å². The summed E-state index contributed by atoms with van der Waals surface area (Å²) < 4.78 is 39.9. The van der Waals surface area contributed by atoms with Crippen LogP contribution in [0.4, 0.5) is 18.3 Å². The maximum absolute atomic E-state index is 12.9. The average Bonchev–Trinajstić information content (AvgIpc) is 3.20. The Morgan fingerprint density at radius 2 is 2.04 bits per heavy atom. The summed E-state index contributed by atoms with van der Waals surface area (Å²) in [6.45, 7) is 3.81. The Hall–Kier alpha value is -2.68. The molecule has 0 atom stereocenters. The highest BCUT2D eigenvalue weighted by Gasteiger charge is 2.35. The Balaban J connectivity index is 1.86. The number of thiazole rings is 1. The van der Waals surface area contributed by atoms with Crippen LogP contribution in [0.15, 0.2) is 36.5 Å². The van der Waals surface area contributed by atoms with Crippen molar-refractivity contribution in [1.29, 1.82) is 0 Å². The van der Waals surface area contributed by atoms with Crippen molar-refractivity contribution in [3.8, 4) is 10.6 Å². The van der Waals surface area contributed by atoms with E-state index in [1.54, 1.807) is 19.1 Å². The third kappa shape index (κ3) is 3.62. The molecule has 3 aromatic rings. The van der Waals surface area contributed by atoms with Crippen LogP contribution in [0.2, 0.25) is 0 Å². The van der Waals surface area contributed by atoms with Crippen LogP contribution in [0.25, 0.3) is 10.6 Å². The number of halogens is 3. The number of benzene rings is 1. The smallest absolute Gasteiger partial charge is 0.298 e. The minimum Gasteiger partial charge on any atom is -0.298 e. The summed E-state index contributed by atoms with van der Waals surface area (Å²) in [6, 6.07) is 8.09. The van der Waals surface area contributed by atoms with E-state index in [2.05, 4.69) is 15.4 Å². The van der Waals surface area contributed by atoms with Gasteiger partial charge in [0.25, 0.3) is 5.91 Å². The maximum Gasteiger partial charge on any atom is 0.435 e. The fourth-order valence-corrected chi connectivity index (χ4v) is 3.27. The van der Waals surface area contributed by atoms with Crippen LogP contribution in [0.5, 0.6) is 0 Å². The first-order valence-corrected chi connectivity index (χ1v) is 8.59. The summed E-state index contributed by atoms with van der Waals surface area (Å²) in [5, 5.41) is 6.58. The molecule has 26 heavy (non-hydrogen) atoms. The van der Waals surface area contributed by atoms with E-state index in [4.69, 9.17) is 0 Å². The SMILES string of the molecule is CCn1nc(C(F)(F)F)cc1-c1cnc(NC(=O)c2ccccc2C)s1. The topological polar surface area (TPSA) is 59.8 Å². The van der Waals surface area contributed by atoms with Gasteiger partial charge in [-0.05, 0) is 31.5 Å². The van der Waals surface area contributed by atoms with Crippen molar-refractivity contribution in [1.82, 2.24) is 14.8 Å². The Morgan fingerprint density at radius 3 is 2.69 bits per heavy atom. The first-order chi connectivity index (χ1) is 12.3. The Morgan fingerprint density at radius 1 is 1.31 bits per heavy atom. The Kier molecular flexibility index (Phi) is 4.82. The summed E-state index contributed by atoms with van der Waals surface area (Å²) in [5.41, 5.74) is 0.699. The van der Waals surface area contributed by atoms with Crippen molar-refractivity contribution >= 4 is 22.4 Å². The summed E-state index contributed by atoms with van der Waals surface area (Å²) in [6.07, 6.45) is -3.08. The van der Waals surface area contributed by atoms with Gasteiger partial charge in [0.15, 0.2) is 10.8 Å². The molecule has 0 aliphatic heterocycles. The number of aryl methyl sites for hydroxylation is 2. The molecule has 9 heteroatoms. The summed E-state index contributed by atoms with van der Waals surface area (Å²) in [4.78, 5) is 16.9. The molecular weight excluding hydrogens is 365 g/mol. The molecule has 0 aliphatic carbocycles. The molecule has 0 radical (unpaired) electrons. The van der Waals surface area contributed by atoms with Crippen LogP contribution in [0, 0.1) is 6.92 Å². The van der Waals surface area contributed by atoms with Crippen molar-refractivity contribution in [2.75, 3.05) is 5.32 Å². The lowest BCUT2D eigenvalue weighted by atomic mass is 10.1. The minimum absolute atomic E-state index is 0.286. The number of nitrogens with one attached hydrogen (secondary N) is 1. The molecule has 0 saturated carbocycles. The average molecular weight is 380 g/mol. The second kappa shape index (κ2) is 6.91. The van der Waals surface area contributed by atoms with Gasteiger partial charge in [0, 0.05) is 18.3 Å². The number of alkyl halides is 3. The molecule has 1 N–H and O–H groups in total. The van der Waals surface area contributed by atoms with Gasteiger partial charge in [0.05, 0.1) is 10.6 Å². The number of nitrogens with zero attached hydrogens (tertiary/aromatic N) is 3. The highest BCUT2D eigenvalue weighted by Crippen LogP contribution is 2.34. The molecule has 136 valence electrons. The van der Waals surface area contributed by atoms with Gasteiger partial charge in [-0.2, -0.15) is 18.3 Å². The zero-order chi connectivity index (χ0) is 18.9. The van der Waals surface area contributed by atoms with E-state index in [0.29, 0.717) is 21.3 Å². The van der Waals surface area contributed by atoms with E-state index in [-0.39, 0.29) is 12.5 Å². The number of hydrogen-bond donors (Lipinski definition) is 1. The molecule has 5 nitrogen and oxygen atoms in total. The van der Waals surface area contributed by atoms with Crippen molar-refractivity contribution in [2.45, 2.75) is 26.6 Å². The summed E-state index contributed by atoms with van der Waals surface area (Å²) >= 11 is 1.10. The number of amides is 1. The van der Waals surface area contributed by atoms with Crippen molar-refractivity contribution in [3.05, 3.63) is 53.3 Å². The van der Waals surface area contributed by atoms with Gasteiger partial charge >= 0.3 is 6.18 Å². The molecule has 1 amide bonds. The molecule has 1 aromatic carbocycles. The van der Waals surface area contributed by atoms with E-state index >= 15 is 0 Å². The number of rotatable bonds is 4. The molecule has 0 unspecified atom stereocenters. The quantitative estimate of drug-likeness (QED) is 0.719. The Bertz CT molecular complexity index is 946. The second-order valence-electron chi connectivity index (χ2n) is 5.53. The second-order valence-corrected chi connectivity index (χ2v) is 6.56. The van der Waals surface area contributed by atoms with E-state index in [1.165, 1.54) is 10.9 Å². The molecule has 0 bridgehead atoms. The van der Waals surface area contributed by atoms with Gasteiger partial charge in [-0.3, -0.25) is 14.8 Å². The van der Waals surface area contributed by atoms with E-state index in [1.807, 2.05) is 19.1 Å². The first-order valence-electron chi connectivity index (χ1n) is 7.78. The van der Waals surface area contributed by atoms with E-state index in [0.717, 1.165) is 23.0 Å². The normalized spacial score (nSPS) is 11.6. The van der Waals surface area contributed by atoms with Crippen LogP contribution in [-0.4, -0.2) is 20.7 Å². The molecule has 0 fully saturated rings. The van der Waals surface area contributed by atoms with Gasteiger partial charge < -0.3 is 0 Å². The third-order valence-electron chi connectivity index (χ3n) is 3.74. The van der Waals surface area contributed by atoms with Crippen molar-refractivity contribution in [3.63, 3.8) is 0 Å². The number of aromatic nitrogens is 3. The molecule has 2 heterocycles. The monoisotopic (exact) mass is 380 g/mol. The van der Waals surface area contributed by atoms with Gasteiger partial charge in [-0.25, -0.2) is 4.98 Å². The van der Waals surface area contributed by atoms with Crippen LogP contribution in [0.1, 0.15) is 28.5 Å². The number of carbonyl (C=O) groups excluding carboxylic acids is 1. The lowest BCUT2D eigenvalue weighted by Gasteiger charge is -2.04. The highest BCUT2D eigenvalue weighted by molar-refractivity contribution is 7.19. The molecular formula is C17H15F3N4OS. The zero-order valence-electron chi connectivity index (χ0n) is 14.0. The standard InChI is InChI=1S/C17H15F3N4OS/c1-3-24-12(8-14(23-24)17(18,19)20)13-9-21-16(26-13)22-15(25)11-7-5-4-6-10(11)2/h4-9H,3H2,1-2H3,(H,21,22,25). The number of carbonyl (C=O) groups is 1. The van der Waals surface area contributed by atoms with Crippen LogP contribution >= 0.6 is 11.3 Å². The first kappa shape index (κ1) is 18.1. The molecule has 0 spiro atoms. The minimum atomic E-state index is -4.51. The lowest BCUT2D eigenvalue weighted by molar-refractivity contribution is -0.141. The van der Waals surface area contributed by atoms with Gasteiger partial charge in [0.2, 0.25) is 0 Å². The van der Waals surface area contributed by atoms with Crippen LogP contribution in [0.3, 0.4) is 0 Å². The highest BCUT2D eigenvalue weighted by atomic mass is 32.1.